The summed E-state index contributed by atoms with van der Waals surface area (Å²) in [5, 5.41) is 0. The summed E-state index contributed by atoms with van der Waals surface area (Å²) >= 11 is 0. The average Bonchev–Trinajstić information content (AvgIpc) is 2.56. The lowest BCUT2D eigenvalue weighted by atomic mass is 9.93. The molecule has 1 saturated carbocycles. The first-order chi connectivity index (χ1) is 10.7. The van der Waals surface area contributed by atoms with Gasteiger partial charge in [-0.05, 0) is 37.5 Å². The van der Waals surface area contributed by atoms with Crippen molar-refractivity contribution in [2.45, 2.75) is 51.5 Å². The highest BCUT2D eigenvalue weighted by molar-refractivity contribution is 5.79. The number of ether oxygens (including phenoxy) is 2. The highest BCUT2D eigenvalue weighted by atomic mass is 16.5. The maximum Gasteiger partial charge on any atom is 0.227 e. The number of amides is 1. The number of benzene rings is 1. The largest absolute Gasteiger partial charge is 0.493 e. The molecule has 22 heavy (non-hydrogen) atoms. The Bertz CT molecular complexity index is 495. The van der Waals surface area contributed by atoms with Gasteiger partial charge in [0.25, 0.3) is 0 Å². The predicted molar refractivity (Wildman–Crippen MR) is 87.5 cm³/mol. The Morgan fingerprint density at radius 3 is 2.41 bits per heavy atom. The van der Waals surface area contributed by atoms with Crippen molar-refractivity contribution in [2.24, 2.45) is 0 Å². The first-order valence-corrected chi connectivity index (χ1v) is 8.20. The lowest BCUT2D eigenvalue weighted by molar-refractivity contribution is -0.133. The van der Waals surface area contributed by atoms with Gasteiger partial charge in [-0.1, -0.05) is 25.3 Å². The molecule has 0 N–H and O–H groups in total. The molecule has 1 fully saturated rings. The molecule has 1 aliphatic carbocycles. The maximum atomic E-state index is 12.7. The molecule has 4 nitrogen and oxygen atoms in total. The Kier molecular flexibility index (Phi) is 6.10. The van der Waals surface area contributed by atoms with Crippen LogP contribution in [0.25, 0.3) is 0 Å². The van der Waals surface area contributed by atoms with Crippen molar-refractivity contribution in [1.29, 1.82) is 0 Å². The van der Waals surface area contributed by atoms with Crippen LogP contribution in [0.3, 0.4) is 0 Å². The van der Waals surface area contributed by atoms with Gasteiger partial charge >= 0.3 is 0 Å². The van der Waals surface area contributed by atoms with Crippen LogP contribution in [0.4, 0.5) is 0 Å². The van der Waals surface area contributed by atoms with Crippen LogP contribution in [0.5, 0.6) is 11.5 Å². The highest BCUT2D eigenvalue weighted by Gasteiger charge is 2.24. The number of rotatable bonds is 6. The van der Waals surface area contributed by atoms with Crippen LogP contribution in [-0.4, -0.2) is 37.6 Å². The first-order valence-electron chi connectivity index (χ1n) is 8.20. The molecule has 1 aliphatic rings. The van der Waals surface area contributed by atoms with E-state index in [0.717, 1.165) is 24.9 Å². The van der Waals surface area contributed by atoms with Gasteiger partial charge in [-0.3, -0.25) is 4.79 Å². The van der Waals surface area contributed by atoms with Crippen molar-refractivity contribution >= 4 is 5.91 Å². The summed E-state index contributed by atoms with van der Waals surface area (Å²) < 4.78 is 10.6. The van der Waals surface area contributed by atoms with Crippen molar-refractivity contribution in [1.82, 2.24) is 4.90 Å². The third-order valence-electron chi connectivity index (χ3n) is 4.48. The molecule has 0 spiro atoms. The molecule has 0 bridgehead atoms. The molecule has 1 aromatic carbocycles. The minimum Gasteiger partial charge on any atom is -0.493 e. The fourth-order valence-corrected chi connectivity index (χ4v) is 3.30. The first kappa shape index (κ1) is 16.7. The number of likely N-dealkylation sites (N-methyl/N-ethyl adjacent to an activating group) is 1. The molecule has 2 rings (SSSR count). The van der Waals surface area contributed by atoms with Gasteiger partial charge in [0.2, 0.25) is 5.91 Å². The minimum atomic E-state index is 0.210. The normalized spacial score (nSPS) is 15.4. The number of nitrogens with zero attached hydrogens (tertiary/aromatic N) is 1. The van der Waals surface area contributed by atoms with Gasteiger partial charge < -0.3 is 14.4 Å². The molecule has 0 unspecified atom stereocenters. The third kappa shape index (κ3) is 3.93. The summed E-state index contributed by atoms with van der Waals surface area (Å²) in [5.41, 5.74) is 0.969. The van der Waals surface area contributed by atoms with E-state index in [2.05, 4.69) is 11.8 Å². The Balaban J connectivity index is 2.06. The smallest absolute Gasteiger partial charge is 0.227 e. The van der Waals surface area contributed by atoms with E-state index in [0.29, 0.717) is 24.0 Å². The maximum absolute atomic E-state index is 12.7. The van der Waals surface area contributed by atoms with Crippen LogP contribution in [0, 0.1) is 0 Å². The molecular formula is C18H27NO3. The zero-order valence-electron chi connectivity index (χ0n) is 13.9. The molecule has 0 atom stereocenters. The van der Waals surface area contributed by atoms with Crippen molar-refractivity contribution in [2.75, 3.05) is 20.8 Å². The van der Waals surface area contributed by atoms with E-state index >= 15 is 0 Å². The van der Waals surface area contributed by atoms with Gasteiger partial charge in [-0.2, -0.15) is 0 Å². The van der Waals surface area contributed by atoms with Gasteiger partial charge in [0, 0.05) is 12.6 Å². The van der Waals surface area contributed by atoms with Crippen molar-refractivity contribution in [3.63, 3.8) is 0 Å². The quantitative estimate of drug-likeness (QED) is 0.808. The monoisotopic (exact) mass is 305 g/mol. The minimum absolute atomic E-state index is 0.210. The topological polar surface area (TPSA) is 38.8 Å². The molecule has 0 heterocycles. The lowest BCUT2D eigenvalue weighted by Crippen LogP contribution is -2.42. The molecule has 1 amide bonds. The van der Waals surface area contributed by atoms with Crippen LogP contribution >= 0.6 is 0 Å². The van der Waals surface area contributed by atoms with E-state index in [4.69, 9.17) is 9.47 Å². The number of hydrogen-bond acceptors (Lipinski definition) is 3. The molecule has 122 valence electrons. The number of methoxy groups -OCH3 is 2. The van der Waals surface area contributed by atoms with E-state index in [1.165, 1.54) is 19.3 Å². The molecular weight excluding hydrogens is 278 g/mol. The van der Waals surface area contributed by atoms with Gasteiger partial charge in [-0.15, -0.1) is 0 Å². The van der Waals surface area contributed by atoms with Crippen molar-refractivity contribution in [3.05, 3.63) is 23.8 Å². The number of hydrogen-bond donors (Lipinski definition) is 0. The predicted octanol–water partition coefficient (Wildman–Crippen LogP) is 3.43. The van der Waals surface area contributed by atoms with E-state index in [-0.39, 0.29) is 5.91 Å². The van der Waals surface area contributed by atoms with Crippen LogP contribution < -0.4 is 9.47 Å². The number of carbonyl (C=O) groups is 1. The average molecular weight is 305 g/mol. The van der Waals surface area contributed by atoms with E-state index in [1.807, 2.05) is 18.2 Å². The van der Waals surface area contributed by atoms with Gasteiger partial charge in [0.05, 0.1) is 20.6 Å². The lowest BCUT2D eigenvalue weighted by Gasteiger charge is -2.33. The Labute approximate surface area is 133 Å². The summed E-state index contributed by atoms with van der Waals surface area (Å²) in [4.78, 5) is 14.7. The second-order valence-electron chi connectivity index (χ2n) is 5.84. The second kappa shape index (κ2) is 8.06. The Morgan fingerprint density at radius 1 is 1.14 bits per heavy atom. The third-order valence-corrected chi connectivity index (χ3v) is 4.48. The standard InChI is InChI=1S/C18H27NO3/c1-4-19(15-8-6-5-7-9-15)18(20)13-14-10-11-16(21-2)17(12-14)22-3/h10-12,15H,4-9,13H2,1-3H3. The van der Waals surface area contributed by atoms with Gasteiger partial charge in [0.15, 0.2) is 11.5 Å². The van der Waals surface area contributed by atoms with Crippen LogP contribution in [0.1, 0.15) is 44.6 Å². The summed E-state index contributed by atoms with van der Waals surface area (Å²) in [6.45, 7) is 2.86. The fourth-order valence-electron chi connectivity index (χ4n) is 3.30. The van der Waals surface area contributed by atoms with Crippen LogP contribution in [0.2, 0.25) is 0 Å². The van der Waals surface area contributed by atoms with E-state index in [1.54, 1.807) is 14.2 Å². The highest BCUT2D eigenvalue weighted by Crippen LogP contribution is 2.28. The summed E-state index contributed by atoms with van der Waals surface area (Å²) in [6, 6.07) is 6.11. The molecule has 0 aliphatic heterocycles. The van der Waals surface area contributed by atoms with Gasteiger partial charge in [0.1, 0.15) is 0 Å². The van der Waals surface area contributed by atoms with Crippen molar-refractivity contribution in [3.8, 4) is 11.5 Å². The molecule has 0 aromatic heterocycles. The number of carbonyl (C=O) groups excluding carboxylic acids is 1. The van der Waals surface area contributed by atoms with Gasteiger partial charge in [-0.25, -0.2) is 0 Å². The zero-order chi connectivity index (χ0) is 15.9. The zero-order valence-corrected chi connectivity index (χ0v) is 13.9. The Morgan fingerprint density at radius 2 is 1.82 bits per heavy atom. The fraction of sp³-hybridized carbons (Fsp3) is 0.611. The second-order valence-corrected chi connectivity index (χ2v) is 5.84. The Hall–Kier alpha value is -1.71. The summed E-state index contributed by atoms with van der Waals surface area (Å²) in [5.74, 6) is 1.58. The SMILES string of the molecule is CCN(C(=O)Cc1ccc(OC)c(OC)c1)C1CCCCC1. The van der Waals surface area contributed by atoms with Crippen molar-refractivity contribution < 1.29 is 14.3 Å². The summed E-state index contributed by atoms with van der Waals surface area (Å²) in [6.07, 6.45) is 6.50. The van der Waals surface area contributed by atoms with E-state index in [9.17, 15) is 4.79 Å². The molecule has 4 heteroatoms. The molecule has 1 aromatic rings. The van der Waals surface area contributed by atoms with E-state index < -0.39 is 0 Å². The molecule has 0 radical (unpaired) electrons. The van der Waals surface area contributed by atoms with Crippen LogP contribution in [-0.2, 0) is 11.2 Å². The molecule has 0 saturated heterocycles. The summed E-state index contributed by atoms with van der Waals surface area (Å²) in [7, 11) is 3.23. The van der Waals surface area contributed by atoms with Crippen LogP contribution in [0.15, 0.2) is 18.2 Å².